The Morgan fingerprint density at radius 3 is 2.35 bits per heavy atom. The molecule has 2 N–H and O–H groups in total. The van der Waals surface area contributed by atoms with Gasteiger partial charge in [-0.2, -0.15) is 0 Å². The fourth-order valence-corrected chi connectivity index (χ4v) is 4.14. The van der Waals surface area contributed by atoms with Crippen LogP contribution in [0.3, 0.4) is 0 Å². The molecule has 0 radical (unpaired) electrons. The first kappa shape index (κ1) is 21.7. The van der Waals surface area contributed by atoms with Crippen LogP contribution >= 0.6 is 0 Å². The molecule has 0 unspecified atom stereocenters. The largest absolute Gasteiger partial charge is 0.508 e. The Labute approximate surface area is 184 Å². The Morgan fingerprint density at radius 1 is 1.00 bits per heavy atom. The van der Waals surface area contributed by atoms with E-state index in [1.54, 1.807) is 0 Å². The molecule has 2 aliphatic rings. The molecule has 6 heteroatoms. The summed E-state index contributed by atoms with van der Waals surface area (Å²) in [5.41, 5.74) is 4.79. The van der Waals surface area contributed by atoms with Gasteiger partial charge in [-0.1, -0.05) is 38.1 Å². The van der Waals surface area contributed by atoms with Crippen LogP contribution in [0.5, 0.6) is 11.5 Å². The van der Waals surface area contributed by atoms with E-state index < -0.39 is 0 Å². The second kappa shape index (κ2) is 9.30. The highest BCUT2D eigenvalue weighted by Gasteiger charge is 2.28. The lowest BCUT2D eigenvalue weighted by Crippen LogP contribution is -2.35. The number of phenolic OH excluding ortho intramolecular Hbond substituents is 2. The molecular weight excluding hydrogens is 392 g/mol. The van der Waals surface area contributed by atoms with E-state index in [1.807, 2.05) is 31.9 Å². The monoisotopic (exact) mass is 424 g/mol. The van der Waals surface area contributed by atoms with Crippen LogP contribution in [0.25, 0.3) is 11.3 Å². The Bertz CT molecular complexity index is 947. The molecule has 2 aliphatic heterocycles. The molecule has 0 amide bonds. The molecule has 0 atom stereocenters. The molecule has 0 saturated carbocycles. The van der Waals surface area contributed by atoms with E-state index in [9.17, 15) is 10.2 Å². The maximum Gasteiger partial charge on any atom is 0.163 e. The fraction of sp³-hybridized carbons (Fsp3) is 0.440. The molecule has 0 bridgehead atoms. The Morgan fingerprint density at radius 2 is 1.71 bits per heavy atom. The lowest BCUT2D eigenvalue weighted by molar-refractivity contribution is -0.0556. The van der Waals surface area contributed by atoms with Crippen molar-refractivity contribution in [3.63, 3.8) is 0 Å². The summed E-state index contributed by atoms with van der Waals surface area (Å²) in [6.45, 7) is 11.9. The van der Waals surface area contributed by atoms with Gasteiger partial charge >= 0.3 is 0 Å². The predicted molar refractivity (Wildman–Crippen MR) is 122 cm³/mol. The zero-order valence-corrected chi connectivity index (χ0v) is 18.6. The second-order valence-electron chi connectivity index (χ2n) is 8.52. The van der Waals surface area contributed by atoms with Crippen molar-refractivity contribution in [3.05, 3.63) is 58.7 Å². The van der Waals surface area contributed by atoms with Gasteiger partial charge in [0.1, 0.15) is 11.5 Å². The number of likely N-dealkylation sites (N-methyl/N-ethyl adjacent to an activating group) is 1. The molecule has 2 aromatic rings. The van der Waals surface area contributed by atoms with E-state index in [1.165, 1.54) is 11.6 Å². The van der Waals surface area contributed by atoms with Gasteiger partial charge in [0.2, 0.25) is 0 Å². The average molecular weight is 425 g/mol. The highest BCUT2D eigenvalue weighted by atomic mass is 16.7. The fourth-order valence-electron chi connectivity index (χ4n) is 4.14. The highest BCUT2D eigenvalue weighted by Crippen LogP contribution is 2.41. The van der Waals surface area contributed by atoms with E-state index in [0.717, 1.165) is 56.1 Å². The molecule has 166 valence electrons. The molecule has 2 heterocycles. The minimum atomic E-state index is 0.0243. The number of phenols is 2. The normalized spacial score (nSPS) is 18.1. The number of morpholine rings is 1. The smallest absolute Gasteiger partial charge is 0.163 e. The number of hydrogen-bond donors (Lipinski definition) is 2. The van der Waals surface area contributed by atoms with Gasteiger partial charge in [0.05, 0.1) is 25.3 Å². The molecular formula is C25H32N2O4. The number of ether oxygens (including phenoxy) is 1. The lowest BCUT2D eigenvalue weighted by atomic mass is 9.95. The quantitative estimate of drug-likeness (QED) is 0.725. The van der Waals surface area contributed by atoms with Gasteiger partial charge in [-0.25, -0.2) is 0 Å². The first-order chi connectivity index (χ1) is 15.0. The first-order valence-corrected chi connectivity index (χ1v) is 11.1. The van der Waals surface area contributed by atoms with Crippen LogP contribution in [0.4, 0.5) is 0 Å². The van der Waals surface area contributed by atoms with Gasteiger partial charge in [-0.05, 0) is 35.6 Å². The summed E-state index contributed by atoms with van der Waals surface area (Å²) in [5.74, 6) is 0.918. The SMILES string of the molecule is CCN1CC(c2ccc(CN3CCOCC3)cc2)=C(c2cc(C(C)C)c(O)cc2O)O1. The van der Waals surface area contributed by atoms with Crippen LogP contribution in [-0.2, 0) is 16.1 Å². The maximum atomic E-state index is 10.6. The van der Waals surface area contributed by atoms with E-state index in [0.29, 0.717) is 17.9 Å². The van der Waals surface area contributed by atoms with Crippen molar-refractivity contribution in [2.75, 3.05) is 39.4 Å². The summed E-state index contributed by atoms with van der Waals surface area (Å²) in [4.78, 5) is 8.53. The molecule has 31 heavy (non-hydrogen) atoms. The van der Waals surface area contributed by atoms with Crippen LogP contribution < -0.4 is 0 Å². The van der Waals surface area contributed by atoms with Crippen molar-refractivity contribution >= 4 is 11.3 Å². The van der Waals surface area contributed by atoms with E-state index in [4.69, 9.17) is 9.57 Å². The van der Waals surface area contributed by atoms with Crippen molar-refractivity contribution in [1.29, 1.82) is 0 Å². The van der Waals surface area contributed by atoms with E-state index >= 15 is 0 Å². The van der Waals surface area contributed by atoms with Gasteiger partial charge in [0, 0.05) is 37.8 Å². The number of hydrogen-bond acceptors (Lipinski definition) is 6. The van der Waals surface area contributed by atoms with Crippen LogP contribution in [0.1, 0.15) is 48.9 Å². The summed E-state index contributed by atoms with van der Waals surface area (Å²) >= 11 is 0. The molecule has 0 spiro atoms. The van der Waals surface area contributed by atoms with E-state index in [-0.39, 0.29) is 17.4 Å². The van der Waals surface area contributed by atoms with Crippen molar-refractivity contribution in [2.45, 2.75) is 33.2 Å². The average Bonchev–Trinajstić information content (AvgIpc) is 3.19. The zero-order chi connectivity index (χ0) is 22.0. The van der Waals surface area contributed by atoms with Crippen LogP contribution in [-0.4, -0.2) is 59.6 Å². The molecule has 6 nitrogen and oxygen atoms in total. The van der Waals surface area contributed by atoms with Crippen molar-refractivity contribution in [2.24, 2.45) is 0 Å². The first-order valence-electron chi connectivity index (χ1n) is 11.1. The summed E-state index contributed by atoms with van der Waals surface area (Å²) in [6, 6.07) is 11.9. The zero-order valence-electron chi connectivity index (χ0n) is 18.6. The summed E-state index contributed by atoms with van der Waals surface area (Å²) < 4.78 is 5.44. The topological polar surface area (TPSA) is 65.4 Å². The highest BCUT2D eigenvalue weighted by molar-refractivity contribution is 5.91. The van der Waals surface area contributed by atoms with Gasteiger partial charge in [0.25, 0.3) is 0 Å². The van der Waals surface area contributed by atoms with Crippen LogP contribution in [0, 0.1) is 0 Å². The van der Waals surface area contributed by atoms with Gasteiger partial charge in [-0.15, -0.1) is 5.06 Å². The third kappa shape index (κ3) is 4.71. The third-order valence-corrected chi connectivity index (χ3v) is 6.01. The lowest BCUT2D eigenvalue weighted by Gasteiger charge is -2.26. The van der Waals surface area contributed by atoms with Crippen LogP contribution in [0.15, 0.2) is 36.4 Å². The Balaban J connectivity index is 1.66. The molecule has 1 fully saturated rings. The van der Waals surface area contributed by atoms with Crippen LogP contribution in [0.2, 0.25) is 0 Å². The van der Waals surface area contributed by atoms with Gasteiger partial charge in [-0.3, -0.25) is 4.90 Å². The Hall–Kier alpha value is -2.54. The predicted octanol–water partition coefficient (Wildman–Crippen LogP) is 4.19. The maximum absolute atomic E-state index is 10.6. The number of benzene rings is 2. The molecule has 0 aliphatic carbocycles. The third-order valence-electron chi connectivity index (χ3n) is 6.01. The van der Waals surface area contributed by atoms with Crippen molar-refractivity contribution in [1.82, 2.24) is 9.96 Å². The minimum absolute atomic E-state index is 0.0243. The van der Waals surface area contributed by atoms with E-state index in [2.05, 4.69) is 29.2 Å². The Kier molecular flexibility index (Phi) is 6.51. The number of hydroxylamine groups is 2. The molecule has 2 aromatic carbocycles. The summed E-state index contributed by atoms with van der Waals surface area (Å²) in [5, 5.41) is 22.7. The summed E-state index contributed by atoms with van der Waals surface area (Å²) in [6.07, 6.45) is 0. The van der Waals surface area contributed by atoms with Gasteiger partial charge in [0.15, 0.2) is 5.76 Å². The molecule has 4 rings (SSSR count). The standard InChI is InChI=1S/C25H32N2O4/c1-4-27-16-22(19-7-5-18(6-8-19)15-26-9-11-30-12-10-26)25(31-27)21-13-20(17(2)3)23(28)14-24(21)29/h5-8,13-14,17,28-29H,4,9-12,15-16H2,1-3H3. The van der Waals surface area contributed by atoms with Crippen molar-refractivity contribution < 1.29 is 19.8 Å². The molecule has 1 saturated heterocycles. The van der Waals surface area contributed by atoms with Gasteiger partial charge < -0.3 is 19.8 Å². The second-order valence-corrected chi connectivity index (χ2v) is 8.52. The number of rotatable bonds is 6. The minimum Gasteiger partial charge on any atom is -0.508 e. The summed E-state index contributed by atoms with van der Waals surface area (Å²) in [7, 11) is 0. The van der Waals surface area contributed by atoms with Crippen molar-refractivity contribution in [3.8, 4) is 11.5 Å². The molecule has 0 aromatic heterocycles. The number of nitrogens with zero attached hydrogens (tertiary/aromatic N) is 2. The number of aromatic hydroxyl groups is 2.